The van der Waals surface area contributed by atoms with Gasteiger partial charge in [-0.1, -0.05) is 41.4 Å². The highest BCUT2D eigenvalue weighted by atomic mass is 35.5. The average molecular weight is 367 g/mol. The predicted octanol–water partition coefficient (Wildman–Crippen LogP) is 4.04. The summed E-state index contributed by atoms with van der Waals surface area (Å²) in [4.78, 5) is 16.4. The lowest BCUT2D eigenvalue weighted by atomic mass is 9.90. The molecule has 0 amide bonds. The number of methoxy groups -OCH3 is 1. The number of cyclic esters (lactones) is 1. The number of nitrogens with zero attached hydrogens (tertiary/aromatic N) is 1. The van der Waals surface area contributed by atoms with E-state index >= 15 is 0 Å². The van der Waals surface area contributed by atoms with E-state index in [9.17, 15) is 4.79 Å². The molecule has 2 aromatic rings. The molecule has 5 nitrogen and oxygen atoms in total. The molecule has 1 aromatic heterocycles. The van der Waals surface area contributed by atoms with Gasteiger partial charge in [0.05, 0.1) is 17.2 Å². The minimum absolute atomic E-state index is 0.348. The van der Waals surface area contributed by atoms with E-state index in [1.54, 1.807) is 13.2 Å². The molecule has 0 radical (unpaired) electrons. The minimum atomic E-state index is -0.791. The van der Waals surface area contributed by atoms with E-state index < -0.39 is 11.6 Å². The molecule has 0 spiro atoms. The molecule has 3 rings (SSSR count). The number of benzene rings is 1. The lowest BCUT2D eigenvalue weighted by Gasteiger charge is -2.25. The molecular formula is C17H16Cl2N2O3. The third kappa shape index (κ3) is 3.14. The SMILES string of the molecule is COc1ccccc1C1(C)CC(Nc2ncc(Cl)cc2Cl)C(=O)O1. The van der Waals surface area contributed by atoms with Crippen molar-refractivity contribution in [3.63, 3.8) is 0 Å². The second-order valence-corrected chi connectivity index (χ2v) is 6.58. The molecule has 24 heavy (non-hydrogen) atoms. The van der Waals surface area contributed by atoms with Gasteiger partial charge in [-0.15, -0.1) is 0 Å². The van der Waals surface area contributed by atoms with Crippen molar-refractivity contribution in [1.82, 2.24) is 4.98 Å². The van der Waals surface area contributed by atoms with Crippen LogP contribution in [0.15, 0.2) is 36.5 Å². The summed E-state index contributed by atoms with van der Waals surface area (Å²) in [6.07, 6.45) is 1.89. The number of hydrogen-bond donors (Lipinski definition) is 1. The van der Waals surface area contributed by atoms with Crippen LogP contribution in [-0.2, 0) is 15.1 Å². The van der Waals surface area contributed by atoms with Gasteiger partial charge in [0.2, 0.25) is 0 Å². The summed E-state index contributed by atoms with van der Waals surface area (Å²) in [6, 6.07) is 8.49. The molecule has 1 aliphatic heterocycles. The van der Waals surface area contributed by atoms with E-state index in [-0.39, 0.29) is 5.97 Å². The molecule has 7 heteroatoms. The van der Waals surface area contributed by atoms with Crippen molar-refractivity contribution in [2.75, 3.05) is 12.4 Å². The summed E-state index contributed by atoms with van der Waals surface area (Å²) < 4.78 is 11.0. The summed E-state index contributed by atoms with van der Waals surface area (Å²) in [7, 11) is 1.59. The van der Waals surface area contributed by atoms with Crippen LogP contribution < -0.4 is 10.1 Å². The molecule has 1 fully saturated rings. The van der Waals surface area contributed by atoms with Crippen molar-refractivity contribution < 1.29 is 14.3 Å². The van der Waals surface area contributed by atoms with Crippen molar-refractivity contribution in [2.24, 2.45) is 0 Å². The number of esters is 1. The Kier molecular flexibility index (Phi) is 4.56. The predicted molar refractivity (Wildman–Crippen MR) is 92.7 cm³/mol. The highest BCUT2D eigenvalue weighted by Gasteiger charge is 2.46. The fourth-order valence-corrected chi connectivity index (χ4v) is 3.28. The Hall–Kier alpha value is -1.98. The van der Waals surface area contributed by atoms with Crippen LogP contribution in [0.5, 0.6) is 5.75 Å². The van der Waals surface area contributed by atoms with E-state index in [1.807, 2.05) is 31.2 Å². The van der Waals surface area contributed by atoms with Crippen LogP contribution in [0.3, 0.4) is 0 Å². The summed E-state index contributed by atoms with van der Waals surface area (Å²) in [5.41, 5.74) is 0.0283. The number of anilines is 1. The molecule has 2 atom stereocenters. The Balaban J connectivity index is 1.85. The Labute approximate surface area is 149 Å². The number of aromatic nitrogens is 1. The van der Waals surface area contributed by atoms with Crippen molar-refractivity contribution in [2.45, 2.75) is 25.0 Å². The first-order chi connectivity index (χ1) is 11.4. The van der Waals surface area contributed by atoms with Crippen LogP contribution in [0.2, 0.25) is 10.0 Å². The van der Waals surface area contributed by atoms with Crippen molar-refractivity contribution in [3.05, 3.63) is 52.1 Å². The largest absolute Gasteiger partial charge is 0.496 e. The van der Waals surface area contributed by atoms with E-state index in [0.717, 1.165) is 5.56 Å². The summed E-state index contributed by atoms with van der Waals surface area (Å²) >= 11 is 12.0. The topological polar surface area (TPSA) is 60.5 Å². The summed E-state index contributed by atoms with van der Waals surface area (Å²) in [5, 5.41) is 3.81. The number of halogens is 2. The smallest absolute Gasteiger partial charge is 0.329 e. The van der Waals surface area contributed by atoms with Crippen molar-refractivity contribution >= 4 is 35.0 Å². The van der Waals surface area contributed by atoms with Crippen molar-refractivity contribution in [3.8, 4) is 5.75 Å². The zero-order valence-electron chi connectivity index (χ0n) is 13.2. The van der Waals surface area contributed by atoms with Crippen molar-refractivity contribution in [1.29, 1.82) is 0 Å². The molecule has 126 valence electrons. The highest BCUT2D eigenvalue weighted by Crippen LogP contribution is 2.41. The number of ether oxygens (including phenoxy) is 2. The quantitative estimate of drug-likeness (QED) is 0.827. The highest BCUT2D eigenvalue weighted by molar-refractivity contribution is 6.36. The molecule has 1 N–H and O–H groups in total. The molecule has 0 bridgehead atoms. The first kappa shape index (κ1) is 16.9. The lowest BCUT2D eigenvalue weighted by molar-refractivity contribution is -0.148. The zero-order chi connectivity index (χ0) is 17.3. The molecule has 1 saturated heterocycles. The number of nitrogens with one attached hydrogen (secondary N) is 1. The van der Waals surface area contributed by atoms with Gasteiger partial charge in [-0.3, -0.25) is 0 Å². The van der Waals surface area contributed by atoms with Gasteiger partial charge in [-0.25, -0.2) is 9.78 Å². The molecule has 1 aliphatic rings. The van der Waals surface area contributed by atoms with E-state index in [4.69, 9.17) is 32.7 Å². The molecule has 0 saturated carbocycles. The number of hydrogen-bond acceptors (Lipinski definition) is 5. The van der Waals surface area contributed by atoms with E-state index in [0.29, 0.717) is 28.0 Å². The number of carbonyl (C=O) groups excluding carboxylic acids is 1. The van der Waals surface area contributed by atoms with Crippen LogP contribution in [0.25, 0.3) is 0 Å². The normalized spacial score (nSPS) is 23.0. The minimum Gasteiger partial charge on any atom is -0.496 e. The van der Waals surface area contributed by atoms with Gasteiger partial charge in [-0.05, 0) is 19.1 Å². The molecule has 1 aromatic carbocycles. The first-order valence-electron chi connectivity index (χ1n) is 7.37. The Bertz CT molecular complexity index is 784. The third-order valence-electron chi connectivity index (χ3n) is 4.00. The van der Waals surface area contributed by atoms with E-state index in [2.05, 4.69) is 10.3 Å². The van der Waals surface area contributed by atoms with Gasteiger partial charge < -0.3 is 14.8 Å². The molecule has 2 unspecified atom stereocenters. The van der Waals surface area contributed by atoms with Gasteiger partial charge in [0.1, 0.15) is 23.2 Å². The number of para-hydroxylation sites is 1. The van der Waals surface area contributed by atoms with Gasteiger partial charge in [0.25, 0.3) is 0 Å². The monoisotopic (exact) mass is 366 g/mol. The summed E-state index contributed by atoms with van der Waals surface area (Å²) in [6.45, 7) is 1.86. The number of pyridine rings is 1. The van der Waals surface area contributed by atoms with Gasteiger partial charge in [-0.2, -0.15) is 0 Å². The van der Waals surface area contributed by atoms with Gasteiger partial charge in [0.15, 0.2) is 0 Å². The van der Waals surface area contributed by atoms with Gasteiger partial charge >= 0.3 is 5.97 Å². The third-order valence-corrected chi connectivity index (χ3v) is 4.49. The molecular weight excluding hydrogens is 351 g/mol. The summed E-state index contributed by atoms with van der Waals surface area (Å²) in [5.74, 6) is 0.708. The maximum Gasteiger partial charge on any atom is 0.329 e. The lowest BCUT2D eigenvalue weighted by Crippen LogP contribution is -2.26. The maximum atomic E-state index is 12.3. The van der Waals surface area contributed by atoms with Crippen LogP contribution in [-0.4, -0.2) is 24.1 Å². The van der Waals surface area contributed by atoms with Crippen LogP contribution in [0, 0.1) is 0 Å². The maximum absolute atomic E-state index is 12.3. The molecule has 2 heterocycles. The average Bonchev–Trinajstić information content (AvgIpc) is 2.85. The number of rotatable bonds is 4. The fourth-order valence-electron chi connectivity index (χ4n) is 2.85. The Morgan fingerprint density at radius 1 is 1.38 bits per heavy atom. The Morgan fingerprint density at radius 3 is 2.83 bits per heavy atom. The first-order valence-corrected chi connectivity index (χ1v) is 8.12. The fraction of sp³-hybridized carbons (Fsp3) is 0.294. The second kappa shape index (κ2) is 6.49. The van der Waals surface area contributed by atoms with Crippen LogP contribution >= 0.6 is 23.2 Å². The number of carbonyl (C=O) groups is 1. The Morgan fingerprint density at radius 2 is 2.12 bits per heavy atom. The van der Waals surface area contributed by atoms with E-state index in [1.165, 1.54) is 6.20 Å². The zero-order valence-corrected chi connectivity index (χ0v) is 14.7. The second-order valence-electron chi connectivity index (χ2n) is 5.74. The molecule has 0 aliphatic carbocycles. The van der Waals surface area contributed by atoms with Crippen LogP contribution in [0.4, 0.5) is 5.82 Å². The standard InChI is InChI=1S/C17H16Cl2N2O3/c1-17(11-5-3-4-6-14(11)23-2)8-13(16(22)24-17)21-15-12(19)7-10(18)9-20-15/h3-7,9,13H,8H2,1-2H3,(H,20,21). The van der Waals surface area contributed by atoms with Crippen LogP contribution in [0.1, 0.15) is 18.9 Å². The van der Waals surface area contributed by atoms with Gasteiger partial charge in [0, 0.05) is 18.2 Å².